The standard InChI is InChI=1S/C25H23F2N3O4/c1-15-21(31)7-8-29-23(15)25(32)28(9-10-33-2)14-30(29)24-19-6-5-18(27)12-22(19)34-13-16-3-4-17(26)11-20(16)24/h3-8,11-12,24H,9-10,13-14H2,1-2H3. The third-order valence-electron chi connectivity index (χ3n) is 6.32. The average molecular weight is 467 g/mol. The average Bonchev–Trinajstić information content (AvgIpc) is 2.97. The van der Waals surface area contributed by atoms with Crippen LogP contribution in [0, 0.1) is 18.6 Å². The van der Waals surface area contributed by atoms with Gasteiger partial charge in [-0.15, -0.1) is 0 Å². The topological polar surface area (TPSA) is 64.0 Å². The summed E-state index contributed by atoms with van der Waals surface area (Å²) in [6, 6.07) is 9.46. The molecular weight excluding hydrogens is 444 g/mol. The fourth-order valence-electron chi connectivity index (χ4n) is 4.59. The minimum Gasteiger partial charge on any atom is -0.488 e. The molecule has 0 N–H and O–H groups in total. The van der Waals surface area contributed by atoms with Gasteiger partial charge >= 0.3 is 0 Å². The Hall–Kier alpha value is -3.72. The summed E-state index contributed by atoms with van der Waals surface area (Å²) in [7, 11) is 1.54. The molecule has 0 fully saturated rings. The van der Waals surface area contributed by atoms with Crippen molar-refractivity contribution < 1.29 is 23.0 Å². The molecule has 5 rings (SSSR count). The minimum atomic E-state index is -0.623. The first-order valence-electron chi connectivity index (χ1n) is 10.9. The number of ether oxygens (including phenoxy) is 2. The number of aromatic nitrogens is 1. The van der Waals surface area contributed by atoms with Crippen LogP contribution in [-0.4, -0.2) is 42.4 Å². The SMILES string of the molecule is COCCN1CN(C2c3cc(F)ccc3COc3cc(F)ccc32)n2ccc(=O)c(C)c2C1=O. The number of methoxy groups -OCH3 is 1. The molecule has 0 bridgehead atoms. The smallest absolute Gasteiger partial charge is 0.274 e. The summed E-state index contributed by atoms with van der Waals surface area (Å²) in [4.78, 5) is 27.3. The molecule has 2 aromatic carbocycles. The maximum absolute atomic E-state index is 14.5. The number of rotatable bonds is 4. The van der Waals surface area contributed by atoms with Crippen molar-refractivity contribution in [3.05, 3.63) is 98.5 Å². The van der Waals surface area contributed by atoms with Gasteiger partial charge in [-0.1, -0.05) is 6.07 Å². The molecule has 0 saturated carbocycles. The predicted octanol–water partition coefficient (Wildman–Crippen LogP) is 3.11. The number of carbonyl (C=O) groups is 1. The highest BCUT2D eigenvalue weighted by Gasteiger charge is 2.38. The molecule has 0 saturated heterocycles. The second kappa shape index (κ2) is 8.57. The lowest BCUT2D eigenvalue weighted by Crippen LogP contribution is -2.56. The molecule has 1 aromatic heterocycles. The highest BCUT2D eigenvalue weighted by atomic mass is 19.1. The molecule has 1 amide bonds. The first-order chi connectivity index (χ1) is 16.4. The van der Waals surface area contributed by atoms with Gasteiger partial charge in [0.15, 0.2) is 5.43 Å². The van der Waals surface area contributed by atoms with Gasteiger partial charge < -0.3 is 14.4 Å². The van der Waals surface area contributed by atoms with E-state index in [0.29, 0.717) is 35.6 Å². The van der Waals surface area contributed by atoms with Crippen molar-refractivity contribution in [2.75, 3.05) is 31.9 Å². The van der Waals surface area contributed by atoms with Crippen LogP contribution in [0.15, 0.2) is 53.5 Å². The summed E-state index contributed by atoms with van der Waals surface area (Å²) in [5.41, 5.74) is 2.27. The lowest BCUT2D eigenvalue weighted by atomic mass is 9.94. The molecular formula is C25H23F2N3O4. The summed E-state index contributed by atoms with van der Waals surface area (Å²) in [5, 5.41) is 1.86. The number of halogens is 2. The summed E-state index contributed by atoms with van der Waals surface area (Å²) in [6.45, 7) is 2.48. The van der Waals surface area contributed by atoms with Gasteiger partial charge in [-0.05, 0) is 42.3 Å². The Balaban J connectivity index is 1.76. The van der Waals surface area contributed by atoms with Gasteiger partial charge in [0.25, 0.3) is 5.91 Å². The van der Waals surface area contributed by atoms with Crippen LogP contribution in [0.25, 0.3) is 0 Å². The Kier molecular flexibility index (Phi) is 5.57. The van der Waals surface area contributed by atoms with Crippen molar-refractivity contribution in [1.29, 1.82) is 0 Å². The molecule has 34 heavy (non-hydrogen) atoms. The number of pyridine rings is 1. The second-order valence-corrected chi connectivity index (χ2v) is 8.36. The van der Waals surface area contributed by atoms with Crippen LogP contribution in [0.2, 0.25) is 0 Å². The van der Waals surface area contributed by atoms with E-state index in [1.165, 1.54) is 30.3 Å². The minimum absolute atomic E-state index is 0.134. The van der Waals surface area contributed by atoms with E-state index in [1.807, 2.05) is 5.01 Å². The van der Waals surface area contributed by atoms with Gasteiger partial charge in [0, 0.05) is 43.1 Å². The number of hydrogen-bond acceptors (Lipinski definition) is 5. The highest BCUT2D eigenvalue weighted by Crippen LogP contribution is 2.40. The van der Waals surface area contributed by atoms with Crippen LogP contribution < -0.4 is 15.2 Å². The maximum Gasteiger partial charge on any atom is 0.274 e. The van der Waals surface area contributed by atoms with Crippen molar-refractivity contribution in [3.8, 4) is 5.75 Å². The molecule has 2 aliphatic heterocycles. The molecule has 2 aliphatic rings. The lowest BCUT2D eigenvalue weighted by Gasteiger charge is -2.44. The van der Waals surface area contributed by atoms with Crippen LogP contribution in [0.5, 0.6) is 5.75 Å². The van der Waals surface area contributed by atoms with Crippen molar-refractivity contribution in [1.82, 2.24) is 9.58 Å². The Labute approximate surface area is 194 Å². The van der Waals surface area contributed by atoms with Crippen LogP contribution in [-0.2, 0) is 11.3 Å². The molecule has 3 heterocycles. The van der Waals surface area contributed by atoms with Crippen LogP contribution in [0.3, 0.4) is 0 Å². The molecule has 0 aliphatic carbocycles. The summed E-state index contributed by atoms with van der Waals surface area (Å²) < 4.78 is 41.3. The van der Waals surface area contributed by atoms with E-state index < -0.39 is 17.7 Å². The van der Waals surface area contributed by atoms with Gasteiger partial charge in [0.05, 0.1) is 6.61 Å². The van der Waals surface area contributed by atoms with Crippen molar-refractivity contribution >= 4 is 5.91 Å². The Morgan fingerprint density at radius 3 is 2.62 bits per heavy atom. The number of benzene rings is 2. The zero-order valence-electron chi connectivity index (χ0n) is 18.8. The molecule has 0 radical (unpaired) electrons. The third-order valence-corrected chi connectivity index (χ3v) is 6.32. The van der Waals surface area contributed by atoms with Gasteiger partial charge in [0.1, 0.15) is 42.4 Å². The van der Waals surface area contributed by atoms with E-state index in [0.717, 1.165) is 5.56 Å². The van der Waals surface area contributed by atoms with Crippen molar-refractivity contribution in [3.63, 3.8) is 0 Å². The van der Waals surface area contributed by atoms with E-state index in [4.69, 9.17) is 9.47 Å². The van der Waals surface area contributed by atoms with E-state index in [9.17, 15) is 18.4 Å². The Bertz CT molecular complexity index is 1340. The van der Waals surface area contributed by atoms with Crippen LogP contribution >= 0.6 is 0 Å². The maximum atomic E-state index is 14.5. The zero-order chi connectivity index (χ0) is 24.0. The zero-order valence-corrected chi connectivity index (χ0v) is 18.8. The van der Waals surface area contributed by atoms with Crippen LogP contribution in [0.4, 0.5) is 8.78 Å². The predicted molar refractivity (Wildman–Crippen MR) is 120 cm³/mol. The molecule has 7 nitrogen and oxygen atoms in total. The summed E-state index contributed by atoms with van der Waals surface area (Å²) >= 11 is 0. The molecule has 176 valence electrons. The van der Waals surface area contributed by atoms with E-state index in [-0.39, 0.29) is 30.3 Å². The Morgan fingerprint density at radius 2 is 1.82 bits per heavy atom. The third kappa shape index (κ3) is 3.62. The monoisotopic (exact) mass is 467 g/mol. The number of carbonyl (C=O) groups excluding carboxylic acids is 1. The fourth-order valence-corrected chi connectivity index (χ4v) is 4.59. The largest absolute Gasteiger partial charge is 0.488 e. The van der Waals surface area contributed by atoms with E-state index in [1.54, 1.807) is 41.9 Å². The molecule has 9 heteroatoms. The summed E-state index contributed by atoms with van der Waals surface area (Å²) in [5.74, 6) is -0.839. The van der Waals surface area contributed by atoms with Gasteiger partial charge in [-0.3, -0.25) is 19.3 Å². The molecule has 1 atom stereocenters. The molecule has 3 aromatic rings. The van der Waals surface area contributed by atoms with Crippen LogP contribution in [0.1, 0.15) is 38.8 Å². The number of nitrogens with zero attached hydrogens (tertiary/aromatic N) is 3. The Morgan fingerprint density at radius 1 is 1.06 bits per heavy atom. The fraction of sp³-hybridized carbons (Fsp3) is 0.280. The molecule has 0 spiro atoms. The second-order valence-electron chi connectivity index (χ2n) is 8.36. The van der Waals surface area contributed by atoms with Gasteiger partial charge in [0.2, 0.25) is 0 Å². The highest BCUT2D eigenvalue weighted by molar-refractivity contribution is 5.95. The van der Waals surface area contributed by atoms with Crippen molar-refractivity contribution in [2.24, 2.45) is 0 Å². The summed E-state index contributed by atoms with van der Waals surface area (Å²) in [6.07, 6.45) is 1.55. The van der Waals surface area contributed by atoms with E-state index >= 15 is 0 Å². The number of hydrogen-bond donors (Lipinski definition) is 0. The molecule has 1 unspecified atom stereocenters. The first kappa shape index (κ1) is 22.1. The quantitative estimate of drug-likeness (QED) is 0.590. The van der Waals surface area contributed by atoms with Gasteiger partial charge in [-0.2, -0.15) is 0 Å². The first-order valence-corrected chi connectivity index (χ1v) is 10.9. The lowest BCUT2D eigenvalue weighted by molar-refractivity contribution is 0.0618. The normalized spacial score (nSPS) is 16.9. The van der Waals surface area contributed by atoms with Crippen molar-refractivity contribution in [2.45, 2.75) is 19.6 Å². The van der Waals surface area contributed by atoms with E-state index in [2.05, 4.69) is 0 Å². The number of fused-ring (bicyclic) bond motifs is 3. The number of amides is 1. The van der Waals surface area contributed by atoms with Gasteiger partial charge in [-0.25, -0.2) is 8.78 Å².